The fourth-order valence-electron chi connectivity index (χ4n) is 3.47. The van der Waals surface area contributed by atoms with Crippen LogP contribution in [0.3, 0.4) is 0 Å². The zero-order valence-corrected chi connectivity index (χ0v) is 13.8. The Balaban J connectivity index is 2.15. The van der Waals surface area contributed by atoms with E-state index in [1.54, 1.807) is 4.90 Å². The summed E-state index contributed by atoms with van der Waals surface area (Å²) in [7, 11) is 1.38. The summed E-state index contributed by atoms with van der Waals surface area (Å²) in [4.78, 5) is 25.8. The first-order chi connectivity index (χ1) is 10.4. The Labute approximate surface area is 132 Å². The molecule has 1 aromatic carbocycles. The number of esters is 1. The van der Waals surface area contributed by atoms with Crippen LogP contribution in [0.2, 0.25) is 0 Å². The van der Waals surface area contributed by atoms with Crippen molar-refractivity contribution in [3.63, 3.8) is 0 Å². The zero-order chi connectivity index (χ0) is 16.3. The van der Waals surface area contributed by atoms with Crippen LogP contribution < -0.4 is 0 Å². The molecule has 1 aliphatic heterocycles. The lowest BCUT2D eigenvalue weighted by Crippen LogP contribution is -2.46. The number of carbonyl (C=O) groups is 2. The summed E-state index contributed by atoms with van der Waals surface area (Å²) in [6.07, 6.45) is 1.79. The number of likely N-dealkylation sites (tertiary alicyclic amines) is 1. The Kier molecular flexibility index (Phi) is 4.89. The minimum Gasteiger partial charge on any atom is -0.467 e. The average molecular weight is 303 g/mol. The highest BCUT2D eigenvalue weighted by Crippen LogP contribution is 2.32. The van der Waals surface area contributed by atoms with E-state index < -0.39 is 6.04 Å². The van der Waals surface area contributed by atoms with Gasteiger partial charge in [0, 0.05) is 12.5 Å². The number of rotatable bonds is 5. The molecule has 2 atom stereocenters. The van der Waals surface area contributed by atoms with Crippen LogP contribution in [0, 0.1) is 0 Å². The molecule has 4 heteroatoms. The first kappa shape index (κ1) is 16.5. The van der Waals surface area contributed by atoms with E-state index in [2.05, 4.69) is 26.0 Å². The van der Waals surface area contributed by atoms with E-state index in [1.165, 1.54) is 12.7 Å². The molecule has 0 aromatic heterocycles. The summed E-state index contributed by atoms with van der Waals surface area (Å²) < 4.78 is 4.84. The third kappa shape index (κ3) is 3.32. The fraction of sp³-hybridized carbons (Fsp3) is 0.556. The molecule has 0 N–H and O–H groups in total. The van der Waals surface area contributed by atoms with Crippen LogP contribution in [-0.2, 0) is 19.7 Å². The van der Waals surface area contributed by atoms with Gasteiger partial charge >= 0.3 is 5.97 Å². The van der Waals surface area contributed by atoms with Gasteiger partial charge in [-0.3, -0.25) is 4.79 Å². The number of amides is 1. The molecule has 120 valence electrons. The van der Waals surface area contributed by atoms with E-state index in [1.807, 2.05) is 25.1 Å². The van der Waals surface area contributed by atoms with Crippen molar-refractivity contribution >= 4 is 11.9 Å². The Hall–Kier alpha value is -1.84. The second-order valence-corrected chi connectivity index (χ2v) is 6.68. The average Bonchev–Trinajstić information content (AvgIpc) is 2.89. The number of ether oxygens (including phenoxy) is 1. The van der Waals surface area contributed by atoms with Crippen molar-refractivity contribution < 1.29 is 14.3 Å². The predicted octanol–water partition coefficient (Wildman–Crippen LogP) is 2.91. The molecule has 0 bridgehead atoms. The molecule has 1 saturated heterocycles. The number of nitrogens with zero attached hydrogens (tertiary/aromatic N) is 1. The SMILES string of the molecule is COC(=O)C1CCC(=O)N1C(C)CC(C)(C)c1ccccc1. The summed E-state index contributed by atoms with van der Waals surface area (Å²) in [5.41, 5.74) is 1.17. The van der Waals surface area contributed by atoms with Gasteiger partial charge in [-0.2, -0.15) is 0 Å². The van der Waals surface area contributed by atoms with Crippen molar-refractivity contribution in [2.24, 2.45) is 0 Å². The lowest BCUT2D eigenvalue weighted by atomic mass is 9.79. The standard InChI is InChI=1S/C18H25NO3/c1-13(12-18(2,3)14-8-6-5-7-9-14)19-15(17(21)22-4)10-11-16(19)20/h5-9,13,15H,10-12H2,1-4H3. The summed E-state index contributed by atoms with van der Waals surface area (Å²) >= 11 is 0. The van der Waals surface area contributed by atoms with Gasteiger partial charge in [0.05, 0.1) is 7.11 Å². The number of carbonyl (C=O) groups excluding carboxylic acids is 2. The van der Waals surface area contributed by atoms with E-state index in [-0.39, 0.29) is 23.3 Å². The van der Waals surface area contributed by atoms with Gasteiger partial charge in [-0.25, -0.2) is 4.79 Å². The normalized spacial score (nSPS) is 20.1. The Bertz CT molecular complexity index is 539. The van der Waals surface area contributed by atoms with Gasteiger partial charge in [0.2, 0.25) is 5.91 Å². The first-order valence-electron chi connectivity index (χ1n) is 7.81. The number of benzene rings is 1. The molecule has 0 radical (unpaired) electrons. The van der Waals surface area contributed by atoms with Crippen LogP contribution in [0.15, 0.2) is 30.3 Å². The number of hydrogen-bond acceptors (Lipinski definition) is 3. The van der Waals surface area contributed by atoms with Crippen LogP contribution in [0.25, 0.3) is 0 Å². The van der Waals surface area contributed by atoms with Gasteiger partial charge in [-0.1, -0.05) is 44.2 Å². The number of methoxy groups -OCH3 is 1. The highest BCUT2D eigenvalue weighted by Gasteiger charge is 2.41. The van der Waals surface area contributed by atoms with Crippen LogP contribution in [0.5, 0.6) is 0 Å². The van der Waals surface area contributed by atoms with Gasteiger partial charge < -0.3 is 9.64 Å². The summed E-state index contributed by atoms with van der Waals surface area (Å²) in [5, 5.41) is 0. The summed E-state index contributed by atoms with van der Waals surface area (Å²) in [5.74, 6) is -0.262. The van der Waals surface area contributed by atoms with Gasteiger partial charge in [0.1, 0.15) is 6.04 Å². The molecular formula is C18H25NO3. The molecule has 2 rings (SSSR count). The van der Waals surface area contributed by atoms with E-state index in [9.17, 15) is 9.59 Å². The highest BCUT2D eigenvalue weighted by molar-refractivity contribution is 5.88. The minimum atomic E-state index is -0.431. The Morgan fingerprint density at radius 3 is 2.59 bits per heavy atom. The third-order valence-electron chi connectivity index (χ3n) is 4.56. The maximum atomic E-state index is 12.2. The van der Waals surface area contributed by atoms with Crippen molar-refractivity contribution in [3.8, 4) is 0 Å². The van der Waals surface area contributed by atoms with Crippen molar-refractivity contribution in [2.75, 3.05) is 7.11 Å². The monoisotopic (exact) mass is 303 g/mol. The van der Waals surface area contributed by atoms with E-state index in [4.69, 9.17) is 4.74 Å². The maximum absolute atomic E-state index is 12.2. The zero-order valence-electron chi connectivity index (χ0n) is 13.8. The van der Waals surface area contributed by atoms with Gasteiger partial charge in [0.25, 0.3) is 0 Å². The van der Waals surface area contributed by atoms with Gasteiger partial charge in [-0.05, 0) is 30.7 Å². The molecule has 1 heterocycles. The Morgan fingerprint density at radius 1 is 1.36 bits per heavy atom. The van der Waals surface area contributed by atoms with Crippen LogP contribution in [-0.4, -0.2) is 36.0 Å². The molecule has 1 aromatic rings. The van der Waals surface area contributed by atoms with Crippen LogP contribution in [0.1, 0.15) is 45.6 Å². The van der Waals surface area contributed by atoms with Crippen LogP contribution in [0.4, 0.5) is 0 Å². The van der Waals surface area contributed by atoms with Gasteiger partial charge in [0.15, 0.2) is 0 Å². The first-order valence-corrected chi connectivity index (χ1v) is 7.81. The summed E-state index contributed by atoms with van der Waals surface area (Å²) in [6.45, 7) is 6.36. The smallest absolute Gasteiger partial charge is 0.328 e. The molecule has 1 amide bonds. The molecule has 0 aliphatic carbocycles. The lowest BCUT2D eigenvalue weighted by molar-refractivity contribution is -0.150. The van der Waals surface area contributed by atoms with E-state index >= 15 is 0 Å². The van der Waals surface area contributed by atoms with E-state index in [0.717, 1.165) is 6.42 Å². The van der Waals surface area contributed by atoms with Crippen molar-refractivity contribution in [1.29, 1.82) is 0 Å². The Morgan fingerprint density at radius 2 is 2.00 bits per heavy atom. The largest absolute Gasteiger partial charge is 0.467 e. The quantitative estimate of drug-likeness (QED) is 0.786. The maximum Gasteiger partial charge on any atom is 0.328 e. The molecule has 22 heavy (non-hydrogen) atoms. The van der Waals surface area contributed by atoms with Crippen molar-refractivity contribution in [1.82, 2.24) is 4.90 Å². The van der Waals surface area contributed by atoms with Crippen LogP contribution >= 0.6 is 0 Å². The fourth-order valence-corrected chi connectivity index (χ4v) is 3.47. The third-order valence-corrected chi connectivity index (χ3v) is 4.56. The van der Waals surface area contributed by atoms with E-state index in [0.29, 0.717) is 12.8 Å². The molecule has 2 unspecified atom stereocenters. The molecule has 1 fully saturated rings. The molecule has 0 saturated carbocycles. The molecule has 1 aliphatic rings. The second-order valence-electron chi connectivity index (χ2n) is 6.68. The minimum absolute atomic E-state index is 0.00527. The topological polar surface area (TPSA) is 46.6 Å². The lowest BCUT2D eigenvalue weighted by Gasteiger charge is -2.35. The molecular weight excluding hydrogens is 278 g/mol. The summed E-state index contributed by atoms with van der Waals surface area (Å²) in [6, 6.07) is 9.83. The number of hydrogen-bond donors (Lipinski definition) is 0. The highest BCUT2D eigenvalue weighted by atomic mass is 16.5. The molecule has 4 nitrogen and oxygen atoms in total. The predicted molar refractivity (Wildman–Crippen MR) is 85.4 cm³/mol. The van der Waals surface area contributed by atoms with Crippen molar-refractivity contribution in [3.05, 3.63) is 35.9 Å². The molecule has 0 spiro atoms. The second kappa shape index (κ2) is 6.51. The van der Waals surface area contributed by atoms with Crippen molar-refractivity contribution in [2.45, 2.75) is 57.5 Å². The van der Waals surface area contributed by atoms with Gasteiger partial charge in [-0.15, -0.1) is 0 Å².